The molecule has 1 heterocycles. The number of nitrogens with one attached hydrogen (secondary N) is 1. The smallest absolute Gasteiger partial charge is 0.143 e. The molecule has 2 aromatic rings. The second kappa shape index (κ2) is 5.40. The largest absolute Gasteiger partial charge is 0.383 e. The number of nitrogen functional groups attached to an aromatic ring is 1. The first kappa shape index (κ1) is 13.5. The molecule has 0 aliphatic rings. The third-order valence-electron chi connectivity index (χ3n) is 2.67. The third-order valence-corrected chi connectivity index (χ3v) is 2.98. The summed E-state index contributed by atoms with van der Waals surface area (Å²) < 4.78 is 13.4. The maximum atomic E-state index is 13.4. The van der Waals surface area contributed by atoms with Gasteiger partial charge in [-0.2, -0.15) is 0 Å². The van der Waals surface area contributed by atoms with Gasteiger partial charge in [0, 0.05) is 11.3 Å². The van der Waals surface area contributed by atoms with Crippen LogP contribution in [0.15, 0.2) is 24.5 Å². The van der Waals surface area contributed by atoms with E-state index >= 15 is 0 Å². The summed E-state index contributed by atoms with van der Waals surface area (Å²) in [5.74, 6) is 0.659. The van der Waals surface area contributed by atoms with Crippen LogP contribution in [0.3, 0.4) is 0 Å². The predicted octanol–water partition coefficient (Wildman–Crippen LogP) is 3.72. The van der Waals surface area contributed by atoms with Crippen LogP contribution in [0.2, 0.25) is 5.02 Å². The molecule has 0 atom stereocenters. The lowest BCUT2D eigenvalue weighted by Gasteiger charge is -2.15. The lowest BCUT2D eigenvalue weighted by atomic mass is 10.0. The van der Waals surface area contributed by atoms with Crippen molar-refractivity contribution in [3.63, 3.8) is 0 Å². The second-order valence-electron chi connectivity index (χ2n) is 4.43. The molecule has 0 amide bonds. The van der Waals surface area contributed by atoms with Gasteiger partial charge < -0.3 is 11.1 Å². The minimum atomic E-state index is -0.486. The van der Waals surface area contributed by atoms with Crippen LogP contribution in [-0.2, 0) is 0 Å². The van der Waals surface area contributed by atoms with Gasteiger partial charge in [0.15, 0.2) is 0 Å². The first-order chi connectivity index (χ1) is 8.99. The molecule has 6 heteroatoms. The summed E-state index contributed by atoms with van der Waals surface area (Å²) in [6, 6.07) is 4.47. The van der Waals surface area contributed by atoms with Crippen molar-refractivity contribution in [1.82, 2.24) is 9.97 Å². The van der Waals surface area contributed by atoms with E-state index in [1.165, 1.54) is 18.5 Å². The van der Waals surface area contributed by atoms with Crippen molar-refractivity contribution in [2.24, 2.45) is 0 Å². The molecular formula is C13H14ClFN4. The Kier molecular flexibility index (Phi) is 3.85. The molecule has 1 aromatic carbocycles. The molecule has 4 nitrogen and oxygen atoms in total. The Bertz CT molecular complexity index is 601. The molecule has 0 saturated heterocycles. The van der Waals surface area contributed by atoms with Crippen LogP contribution in [0.1, 0.15) is 25.3 Å². The number of hydrogen-bond acceptors (Lipinski definition) is 4. The van der Waals surface area contributed by atoms with Gasteiger partial charge >= 0.3 is 0 Å². The molecule has 19 heavy (non-hydrogen) atoms. The first-order valence-electron chi connectivity index (χ1n) is 5.81. The Hall–Kier alpha value is -1.88. The van der Waals surface area contributed by atoms with Crippen LogP contribution in [-0.4, -0.2) is 9.97 Å². The Balaban J connectivity index is 2.38. The Labute approximate surface area is 115 Å². The van der Waals surface area contributed by atoms with Gasteiger partial charge in [-0.3, -0.25) is 0 Å². The SMILES string of the molecule is CC(C)c1c(N)ncnc1Nc1ccc(Cl)c(F)c1. The molecule has 1 aromatic heterocycles. The molecule has 0 aliphatic heterocycles. The van der Waals surface area contributed by atoms with E-state index in [1.54, 1.807) is 6.07 Å². The number of anilines is 3. The van der Waals surface area contributed by atoms with E-state index in [4.69, 9.17) is 17.3 Å². The van der Waals surface area contributed by atoms with Crippen molar-refractivity contribution in [3.05, 3.63) is 40.9 Å². The van der Waals surface area contributed by atoms with Gasteiger partial charge in [0.05, 0.1) is 5.02 Å². The van der Waals surface area contributed by atoms with Gasteiger partial charge in [-0.25, -0.2) is 14.4 Å². The molecule has 0 aliphatic carbocycles. The predicted molar refractivity (Wildman–Crippen MR) is 75.2 cm³/mol. The van der Waals surface area contributed by atoms with Crippen LogP contribution in [0.4, 0.5) is 21.7 Å². The summed E-state index contributed by atoms with van der Waals surface area (Å²) in [5.41, 5.74) is 7.20. The topological polar surface area (TPSA) is 63.8 Å². The minimum absolute atomic E-state index is 0.0804. The van der Waals surface area contributed by atoms with Crippen molar-refractivity contribution in [1.29, 1.82) is 0 Å². The molecule has 0 bridgehead atoms. The quantitative estimate of drug-likeness (QED) is 0.899. The zero-order chi connectivity index (χ0) is 14.0. The standard InChI is InChI=1S/C13H14ClFN4/c1-7(2)11-12(16)17-6-18-13(11)19-8-3-4-9(14)10(15)5-8/h3-7H,1-2H3,(H3,16,17,18,19). The highest BCUT2D eigenvalue weighted by Crippen LogP contribution is 2.29. The number of halogens is 2. The van der Waals surface area contributed by atoms with Gasteiger partial charge in [-0.1, -0.05) is 25.4 Å². The van der Waals surface area contributed by atoms with E-state index in [9.17, 15) is 4.39 Å². The molecule has 0 unspecified atom stereocenters. The van der Waals surface area contributed by atoms with E-state index in [0.29, 0.717) is 17.3 Å². The zero-order valence-electron chi connectivity index (χ0n) is 10.6. The second-order valence-corrected chi connectivity index (χ2v) is 4.84. The monoisotopic (exact) mass is 280 g/mol. The fraction of sp³-hybridized carbons (Fsp3) is 0.231. The van der Waals surface area contributed by atoms with Crippen LogP contribution in [0, 0.1) is 5.82 Å². The molecule has 0 saturated carbocycles. The molecule has 0 fully saturated rings. The molecule has 100 valence electrons. The summed E-state index contributed by atoms with van der Waals surface area (Å²) in [5, 5.41) is 3.11. The average molecular weight is 281 g/mol. The van der Waals surface area contributed by atoms with Crippen LogP contribution >= 0.6 is 11.6 Å². The van der Waals surface area contributed by atoms with Gasteiger partial charge in [-0.05, 0) is 24.1 Å². The molecular weight excluding hydrogens is 267 g/mol. The number of nitrogens with two attached hydrogens (primary N) is 1. The summed E-state index contributed by atoms with van der Waals surface area (Å²) >= 11 is 5.64. The van der Waals surface area contributed by atoms with Crippen molar-refractivity contribution in [2.75, 3.05) is 11.1 Å². The van der Waals surface area contributed by atoms with Crippen molar-refractivity contribution in [2.45, 2.75) is 19.8 Å². The van der Waals surface area contributed by atoms with E-state index < -0.39 is 5.82 Å². The average Bonchev–Trinajstić information content (AvgIpc) is 2.33. The number of hydrogen-bond donors (Lipinski definition) is 2. The third kappa shape index (κ3) is 2.93. The number of aromatic nitrogens is 2. The van der Waals surface area contributed by atoms with Gasteiger partial charge in [0.25, 0.3) is 0 Å². The lowest BCUT2D eigenvalue weighted by Crippen LogP contribution is -2.06. The highest BCUT2D eigenvalue weighted by atomic mass is 35.5. The molecule has 0 spiro atoms. The zero-order valence-corrected chi connectivity index (χ0v) is 11.4. The normalized spacial score (nSPS) is 10.8. The highest BCUT2D eigenvalue weighted by Gasteiger charge is 2.13. The minimum Gasteiger partial charge on any atom is -0.383 e. The number of benzene rings is 1. The van der Waals surface area contributed by atoms with Crippen molar-refractivity contribution in [3.8, 4) is 0 Å². The molecule has 3 N–H and O–H groups in total. The Morgan fingerprint density at radius 3 is 2.68 bits per heavy atom. The van der Waals surface area contributed by atoms with Crippen molar-refractivity contribution < 1.29 is 4.39 Å². The lowest BCUT2D eigenvalue weighted by molar-refractivity contribution is 0.629. The van der Waals surface area contributed by atoms with E-state index in [2.05, 4.69) is 15.3 Å². The summed E-state index contributed by atoms with van der Waals surface area (Å²) in [6.07, 6.45) is 1.37. The van der Waals surface area contributed by atoms with Crippen LogP contribution in [0.5, 0.6) is 0 Å². The van der Waals surface area contributed by atoms with Crippen molar-refractivity contribution >= 4 is 28.9 Å². The number of rotatable bonds is 3. The fourth-order valence-corrected chi connectivity index (χ4v) is 1.91. The summed E-state index contributed by atoms with van der Waals surface area (Å²) in [7, 11) is 0. The Morgan fingerprint density at radius 2 is 2.05 bits per heavy atom. The van der Waals surface area contributed by atoms with E-state index in [0.717, 1.165) is 5.56 Å². The van der Waals surface area contributed by atoms with E-state index in [1.807, 2.05) is 13.8 Å². The first-order valence-corrected chi connectivity index (χ1v) is 6.19. The molecule has 0 radical (unpaired) electrons. The van der Waals surface area contributed by atoms with E-state index in [-0.39, 0.29) is 10.9 Å². The van der Waals surface area contributed by atoms with Gasteiger partial charge in [0.2, 0.25) is 0 Å². The summed E-state index contributed by atoms with van der Waals surface area (Å²) in [6.45, 7) is 3.98. The highest BCUT2D eigenvalue weighted by molar-refractivity contribution is 6.30. The maximum Gasteiger partial charge on any atom is 0.143 e. The molecule has 2 rings (SSSR count). The van der Waals surface area contributed by atoms with Gasteiger partial charge in [0.1, 0.15) is 23.8 Å². The summed E-state index contributed by atoms with van der Waals surface area (Å²) in [4.78, 5) is 8.12. The fourth-order valence-electron chi connectivity index (χ4n) is 1.79. The Morgan fingerprint density at radius 1 is 1.32 bits per heavy atom. The van der Waals surface area contributed by atoms with Crippen LogP contribution in [0.25, 0.3) is 0 Å². The number of nitrogens with zero attached hydrogens (tertiary/aromatic N) is 2. The van der Waals surface area contributed by atoms with Gasteiger partial charge in [-0.15, -0.1) is 0 Å². The van der Waals surface area contributed by atoms with Crippen LogP contribution < -0.4 is 11.1 Å². The maximum absolute atomic E-state index is 13.4.